The summed E-state index contributed by atoms with van der Waals surface area (Å²) in [7, 11) is 0. The summed E-state index contributed by atoms with van der Waals surface area (Å²) in [6.45, 7) is 0. The minimum atomic E-state index is -4.77. The molecule has 1 N–H and O–H groups in total. The Hall–Kier alpha value is -3.16. The van der Waals surface area contributed by atoms with Crippen LogP contribution in [0.5, 0.6) is 0 Å². The third-order valence-electron chi connectivity index (χ3n) is 3.37. The lowest BCUT2D eigenvalue weighted by Gasteiger charge is -2.08. The standard InChI is InChI=1S/C17H9F4NO3/c18-10-3-1-9(2-4-10)16(24)22-11-5-6-14-12(7-11)13(23)8-15(25-14)17(19,20)21/h1-8H,(H,22,24). The predicted octanol–water partition coefficient (Wildman–Crippen LogP) is 4.20. The molecule has 0 fully saturated rings. The molecule has 3 aromatic rings. The summed E-state index contributed by atoms with van der Waals surface area (Å²) < 4.78 is 55.5. The van der Waals surface area contributed by atoms with Crippen LogP contribution in [-0.4, -0.2) is 5.91 Å². The van der Waals surface area contributed by atoms with Gasteiger partial charge in [-0.25, -0.2) is 4.39 Å². The topological polar surface area (TPSA) is 59.3 Å². The Morgan fingerprint density at radius 3 is 2.32 bits per heavy atom. The number of amides is 1. The second-order valence-corrected chi connectivity index (χ2v) is 5.14. The lowest BCUT2D eigenvalue weighted by Crippen LogP contribution is -2.13. The van der Waals surface area contributed by atoms with Gasteiger partial charge in [0, 0.05) is 17.3 Å². The average molecular weight is 351 g/mol. The van der Waals surface area contributed by atoms with Crippen molar-refractivity contribution in [2.24, 2.45) is 0 Å². The minimum Gasteiger partial charge on any atom is -0.451 e. The number of hydrogen-bond acceptors (Lipinski definition) is 3. The molecular formula is C17H9F4NO3. The first-order valence-electron chi connectivity index (χ1n) is 6.96. The van der Waals surface area contributed by atoms with Gasteiger partial charge >= 0.3 is 6.18 Å². The maximum atomic E-state index is 12.9. The van der Waals surface area contributed by atoms with Crippen LogP contribution in [0.4, 0.5) is 23.2 Å². The third kappa shape index (κ3) is 3.52. The molecule has 0 aliphatic carbocycles. The highest BCUT2D eigenvalue weighted by Crippen LogP contribution is 2.30. The maximum absolute atomic E-state index is 12.9. The summed E-state index contributed by atoms with van der Waals surface area (Å²) in [6, 6.07) is 8.80. The van der Waals surface area contributed by atoms with Crippen molar-refractivity contribution in [1.29, 1.82) is 0 Å². The van der Waals surface area contributed by atoms with Gasteiger partial charge in [-0.05, 0) is 42.5 Å². The van der Waals surface area contributed by atoms with Gasteiger partial charge in [0.05, 0.1) is 5.39 Å². The summed E-state index contributed by atoms with van der Waals surface area (Å²) in [6.07, 6.45) is -4.77. The fourth-order valence-electron chi connectivity index (χ4n) is 2.18. The van der Waals surface area contributed by atoms with Crippen LogP contribution in [0, 0.1) is 5.82 Å². The fraction of sp³-hybridized carbons (Fsp3) is 0.0588. The monoisotopic (exact) mass is 351 g/mol. The van der Waals surface area contributed by atoms with Gasteiger partial charge in [-0.2, -0.15) is 13.2 Å². The van der Waals surface area contributed by atoms with E-state index in [2.05, 4.69) is 9.73 Å². The number of nitrogens with one attached hydrogen (secondary N) is 1. The molecule has 3 rings (SSSR count). The first-order chi connectivity index (χ1) is 11.7. The van der Waals surface area contributed by atoms with E-state index in [1.165, 1.54) is 24.3 Å². The first-order valence-corrected chi connectivity index (χ1v) is 6.96. The van der Waals surface area contributed by atoms with Crippen molar-refractivity contribution < 1.29 is 26.8 Å². The van der Waals surface area contributed by atoms with E-state index in [1.807, 2.05) is 0 Å². The van der Waals surface area contributed by atoms with E-state index in [1.54, 1.807) is 0 Å². The van der Waals surface area contributed by atoms with Crippen molar-refractivity contribution in [3.8, 4) is 0 Å². The highest BCUT2D eigenvalue weighted by Gasteiger charge is 2.34. The van der Waals surface area contributed by atoms with Crippen molar-refractivity contribution in [1.82, 2.24) is 0 Å². The Morgan fingerprint density at radius 2 is 1.68 bits per heavy atom. The number of benzene rings is 2. The van der Waals surface area contributed by atoms with E-state index in [0.717, 1.165) is 18.2 Å². The number of halogens is 4. The molecule has 0 atom stereocenters. The Kier molecular flexibility index (Phi) is 4.03. The van der Waals surface area contributed by atoms with E-state index in [9.17, 15) is 27.2 Å². The van der Waals surface area contributed by atoms with Crippen molar-refractivity contribution in [2.45, 2.75) is 6.18 Å². The summed E-state index contributed by atoms with van der Waals surface area (Å²) in [5, 5.41) is 2.37. The molecule has 0 saturated heterocycles. The number of rotatable bonds is 2. The van der Waals surface area contributed by atoms with Crippen molar-refractivity contribution in [3.63, 3.8) is 0 Å². The zero-order valence-electron chi connectivity index (χ0n) is 12.4. The Bertz CT molecular complexity index is 1010. The van der Waals surface area contributed by atoms with Crippen molar-refractivity contribution in [2.75, 3.05) is 5.32 Å². The predicted molar refractivity (Wildman–Crippen MR) is 81.8 cm³/mol. The number of carbonyl (C=O) groups is 1. The van der Waals surface area contributed by atoms with E-state index in [4.69, 9.17) is 0 Å². The lowest BCUT2D eigenvalue weighted by molar-refractivity contribution is -0.152. The summed E-state index contributed by atoms with van der Waals surface area (Å²) >= 11 is 0. The van der Waals surface area contributed by atoms with Crippen LogP contribution in [0.3, 0.4) is 0 Å². The van der Waals surface area contributed by atoms with Gasteiger partial charge in [-0.15, -0.1) is 0 Å². The normalized spacial score (nSPS) is 11.5. The molecule has 8 heteroatoms. The number of alkyl halides is 3. The van der Waals surface area contributed by atoms with Gasteiger partial charge in [-0.3, -0.25) is 9.59 Å². The molecule has 1 heterocycles. The quantitative estimate of drug-likeness (QED) is 0.704. The molecule has 0 bridgehead atoms. The van der Waals surface area contributed by atoms with Crippen LogP contribution >= 0.6 is 0 Å². The SMILES string of the molecule is O=C(Nc1ccc2oc(C(F)(F)F)cc(=O)c2c1)c1ccc(F)cc1. The number of anilines is 1. The zero-order valence-corrected chi connectivity index (χ0v) is 12.4. The molecule has 4 nitrogen and oxygen atoms in total. The minimum absolute atomic E-state index is 0.107. The molecule has 1 amide bonds. The number of carbonyl (C=O) groups excluding carboxylic acids is 1. The van der Waals surface area contributed by atoms with Crippen LogP contribution in [0.25, 0.3) is 11.0 Å². The van der Waals surface area contributed by atoms with Crippen LogP contribution < -0.4 is 10.7 Å². The third-order valence-corrected chi connectivity index (χ3v) is 3.37. The van der Waals surface area contributed by atoms with E-state index in [0.29, 0.717) is 6.07 Å². The fourth-order valence-corrected chi connectivity index (χ4v) is 2.18. The molecular weight excluding hydrogens is 342 g/mol. The first kappa shape index (κ1) is 16.7. The molecule has 0 saturated carbocycles. The van der Waals surface area contributed by atoms with Crippen molar-refractivity contribution in [3.05, 3.63) is 75.9 Å². The van der Waals surface area contributed by atoms with Crippen LogP contribution in [0.15, 0.2) is 57.7 Å². The Morgan fingerprint density at radius 1 is 1.00 bits per heavy atom. The van der Waals surface area contributed by atoms with Gasteiger partial charge in [0.1, 0.15) is 11.4 Å². The van der Waals surface area contributed by atoms with Crippen LogP contribution in [0.2, 0.25) is 0 Å². The second kappa shape index (κ2) is 6.04. The Labute approximate surface area is 137 Å². The molecule has 128 valence electrons. The van der Waals surface area contributed by atoms with Crippen LogP contribution in [-0.2, 0) is 6.18 Å². The molecule has 0 aliphatic rings. The Balaban J connectivity index is 1.93. The number of hydrogen-bond donors (Lipinski definition) is 1. The zero-order chi connectivity index (χ0) is 18.2. The van der Waals surface area contributed by atoms with E-state index < -0.39 is 29.1 Å². The van der Waals surface area contributed by atoms with Crippen molar-refractivity contribution >= 4 is 22.6 Å². The smallest absolute Gasteiger partial charge is 0.449 e. The van der Waals surface area contributed by atoms with Crippen LogP contribution in [0.1, 0.15) is 16.1 Å². The number of fused-ring (bicyclic) bond motifs is 1. The molecule has 2 aromatic carbocycles. The summed E-state index contributed by atoms with van der Waals surface area (Å²) in [5.41, 5.74) is -0.763. The van der Waals surface area contributed by atoms with Gasteiger partial charge in [-0.1, -0.05) is 0 Å². The molecule has 0 aliphatic heterocycles. The molecule has 25 heavy (non-hydrogen) atoms. The van der Waals surface area contributed by atoms with Gasteiger partial charge in [0.15, 0.2) is 5.43 Å². The van der Waals surface area contributed by atoms with Gasteiger partial charge in [0.2, 0.25) is 5.76 Å². The largest absolute Gasteiger partial charge is 0.451 e. The second-order valence-electron chi connectivity index (χ2n) is 5.14. The highest BCUT2D eigenvalue weighted by molar-refractivity contribution is 6.05. The molecule has 0 spiro atoms. The molecule has 1 aromatic heterocycles. The lowest BCUT2D eigenvalue weighted by atomic mass is 10.1. The molecule has 0 radical (unpaired) electrons. The summed E-state index contributed by atoms with van der Waals surface area (Å²) in [5.74, 6) is -2.45. The van der Waals surface area contributed by atoms with E-state index >= 15 is 0 Å². The molecule has 0 unspecified atom stereocenters. The van der Waals surface area contributed by atoms with E-state index in [-0.39, 0.29) is 22.2 Å². The summed E-state index contributed by atoms with van der Waals surface area (Å²) in [4.78, 5) is 23.9. The van der Waals surface area contributed by atoms with Gasteiger partial charge < -0.3 is 9.73 Å². The van der Waals surface area contributed by atoms with Gasteiger partial charge in [0.25, 0.3) is 5.91 Å². The average Bonchev–Trinajstić information content (AvgIpc) is 2.55. The maximum Gasteiger partial charge on any atom is 0.449 e. The highest BCUT2D eigenvalue weighted by atomic mass is 19.4.